The molecule has 3 aromatic rings. The van der Waals surface area contributed by atoms with Crippen LogP contribution >= 0.6 is 22.9 Å². The normalized spacial score (nSPS) is 17.9. The summed E-state index contributed by atoms with van der Waals surface area (Å²) in [5.74, 6) is -0.0567. The quantitative estimate of drug-likeness (QED) is 0.383. The highest BCUT2D eigenvalue weighted by Gasteiger charge is 2.31. The molecule has 1 atom stereocenters. The summed E-state index contributed by atoms with van der Waals surface area (Å²) in [7, 11) is 3.43. The molecule has 0 fully saturated rings. The first-order chi connectivity index (χ1) is 20.2. The second-order valence-electron chi connectivity index (χ2n) is 10.7. The van der Waals surface area contributed by atoms with E-state index >= 15 is 0 Å². The van der Waals surface area contributed by atoms with Gasteiger partial charge in [-0.3, -0.25) is 14.4 Å². The SMILES string of the molecule is Cc1nc(C)c(C(=O)N2CCCCOc3ccc(Cl)cc3C(=O)N(C)[C@@H](Cc3ccccc3)C(=O)N(C)CCCC2)s1. The molecule has 0 aliphatic carbocycles. The lowest BCUT2D eigenvalue weighted by Gasteiger charge is -2.31. The number of thiazole rings is 1. The minimum Gasteiger partial charge on any atom is -0.493 e. The van der Waals surface area contributed by atoms with Gasteiger partial charge in [-0.25, -0.2) is 4.98 Å². The Morgan fingerprint density at radius 1 is 1.00 bits per heavy atom. The van der Waals surface area contributed by atoms with Crippen LogP contribution in [-0.4, -0.2) is 83.8 Å². The van der Waals surface area contributed by atoms with E-state index in [1.807, 2.05) is 49.1 Å². The topological polar surface area (TPSA) is 83.0 Å². The molecule has 10 heteroatoms. The Labute approximate surface area is 257 Å². The van der Waals surface area contributed by atoms with Crippen molar-refractivity contribution in [2.24, 2.45) is 0 Å². The third-order valence-electron chi connectivity index (χ3n) is 7.53. The summed E-state index contributed by atoms with van der Waals surface area (Å²) >= 11 is 7.73. The van der Waals surface area contributed by atoms with Gasteiger partial charge in [-0.1, -0.05) is 41.9 Å². The molecule has 2 heterocycles. The standard InChI is InChI=1S/C32H39ClN4O4S/c1-22-29(42-23(2)34-22)32(40)37-17-9-8-16-35(3)31(39)27(20-24-12-6-5-7-13-24)36(4)30(38)26-21-25(33)14-15-28(26)41-19-11-10-18-37/h5-7,12-15,21,27H,8-11,16-20H2,1-4H3/t27-/m0/s1. The first-order valence-corrected chi connectivity index (χ1v) is 15.6. The van der Waals surface area contributed by atoms with Crippen LogP contribution in [-0.2, 0) is 11.2 Å². The van der Waals surface area contributed by atoms with E-state index in [1.165, 1.54) is 16.2 Å². The summed E-state index contributed by atoms with van der Waals surface area (Å²) < 4.78 is 6.08. The van der Waals surface area contributed by atoms with Crippen LogP contribution in [0.3, 0.4) is 0 Å². The van der Waals surface area contributed by atoms with Gasteiger partial charge in [0.1, 0.15) is 16.7 Å². The predicted molar refractivity (Wildman–Crippen MR) is 167 cm³/mol. The van der Waals surface area contributed by atoms with Crippen molar-refractivity contribution in [3.05, 3.63) is 80.3 Å². The Hall–Kier alpha value is -3.43. The monoisotopic (exact) mass is 610 g/mol. The van der Waals surface area contributed by atoms with E-state index in [9.17, 15) is 14.4 Å². The highest BCUT2D eigenvalue weighted by molar-refractivity contribution is 7.13. The third-order valence-corrected chi connectivity index (χ3v) is 8.83. The zero-order valence-electron chi connectivity index (χ0n) is 24.8. The van der Waals surface area contributed by atoms with Gasteiger partial charge < -0.3 is 19.4 Å². The molecule has 8 nitrogen and oxygen atoms in total. The van der Waals surface area contributed by atoms with Crippen LogP contribution in [0, 0.1) is 13.8 Å². The van der Waals surface area contributed by atoms with Gasteiger partial charge in [-0.05, 0) is 63.3 Å². The first-order valence-electron chi connectivity index (χ1n) is 14.4. The fourth-order valence-corrected chi connectivity index (χ4v) is 6.21. The number of carbonyl (C=O) groups is 3. The van der Waals surface area contributed by atoms with E-state index in [0.29, 0.717) is 60.3 Å². The van der Waals surface area contributed by atoms with Gasteiger partial charge >= 0.3 is 0 Å². The molecule has 224 valence electrons. The summed E-state index contributed by atoms with van der Waals surface area (Å²) in [4.78, 5) is 51.3. The Morgan fingerprint density at radius 3 is 2.38 bits per heavy atom. The minimum atomic E-state index is -0.719. The van der Waals surface area contributed by atoms with Crippen molar-refractivity contribution in [3.63, 3.8) is 0 Å². The van der Waals surface area contributed by atoms with Crippen molar-refractivity contribution in [2.75, 3.05) is 40.3 Å². The Morgan fingerprint density at radius 2 is 1.69 bits per heavy atom. The molecule has 0 saturated heterocycles. The molecule has 1 aliphatic heterocycles. The maximum absolute atomic E-state index is 13.8. The van der Waals surface area contributed by atoms with Crippen molar-refractivity contribution in [1.82, 2.24) is 19.7 Å². The first kappa shape index (κ1) is 31.5. The van der Waals surface area contributed by atoms with Crippen LogP contribution in [0.5, 0.6) is 5.75 Å². The number of rotatable bonds is 3. The van der Waals surface area contributed by atoms with E-state index in [4.69, 9.17) is 16.3 Å². The number of likely N-dealkylation sites (N-methyl/N-ethyl adjacent to an activating group) is 2. The van der Waals surface area contributed by atoms with E-state index in [-0.39, 0.29) is 17.7 Å². The van der Waals surface area contributed by atoms with E-state index < -0.39 is 6.04 Å². The van der Waals surface area contributed by atoms with Crippen LogP contribution in [0.2, 0.25) is 5.02 Å². The van der Waals surface area contributed by atoms with Crippen LogP contribution in [0.25, 0.3) is 0 Å². The second-order valence-corrected chi connectivity index (χ2v) is 12.4. The summed E-state index contributed by atoms with van der Waals surface area (Å²) in [6.45, 7) is 5.85. The average Bonchev–Trinajstić information content (AvgIpc) is 3.33. The molecule has 4 rings (SSSR count). The van der Waals surface area contributed by atoms with Crippen molar-refractivity contribution in [1.29, 1.82) is 0 Å². The van der Waals surface area contributed by atoms with Gasteiger partial charge in [-0.15, -0.1) is 11.3 Å². The van der Waals surface area contributed by atoms with Crippen molar-refractivity contribution in [2.45, 2.75) is 52.0 Å². The molecule has 0 radical (unpaired) electrons. The number of fused-ring (bicyclic) bond motifs is 1. The molecule has 0 unspecified atom stereocenters. The number of nitrogens with zero attached hydrogens (tertiary/aromatic N) is 4. The van der Waals surface area contributed by atoms with Crippen molar-refractivity contribution >= 4 is 40.7 Å². The molecule has 1 aliphatic rings. The summed E-state index contributed by atoms with van der Waals surface area (Å²) in [5, 5.41) is 1.29. The Kier molecular flexibility index (Phi) is 11.0. The zero-order valence-corrected chi connectivity index (χ0v) is 26.3. The number of aryl methyl sites for hydroxylation is 2. The molecule has 0 spiro atoms. The van der Waals surface area contributed by atoms with E-state index in [2.05, 4.69) is 4.98 Å². The summed E-state index contributed by atoms with van der Waals surface area (Å²) in [6, 6.07) is 14.0. The molecule has 1 aromatic heterocycles. The van der Waals surface area contributed by atoms with Crippen LogP contribution in [0.15, 0.2) is 48.5 Å². The minimum absolute atomic E-state index is 0.00324. The maximum Gasteiger partial charge on any atom is 0.265 e. The molecule has 2 aromatic carbocycles. The lowest BCUT2D eigenvalue weighted by atomic mass is 10.0. The maximum atomic E-state index is 13.8. The van der Waals surface area contributed by atoms with Gasteiger partial charge in [0, 0.05) is 45.2 Å². The van der Waals surface area contributed by atoms with Gasteiger partial charge in [0.25, 0.3) is 11.8 Å². The fourth-order valence-electron chi connectivity index (χ4n) is 5.15. The number of benzene rings is 2. The molecular formula is C32H39ClN4O4S. The number of halogens is 1. The number of aromatic nitrogens is 1. The smallest absolute Gasteiger partial charge is 0.265 e. The van der Waals surface area contributed by atoms with E-state index in [1.54, 1.807) is 37.2 Å². The molecule has 0 saturated carbocycles. The largest absolute Gasteiger partial charge is 0.493 e. The molecule has 3 amide bonds. The molecule has 42 heavy (non-hydrogen) atoms. The fraction of sp³-hybridized carbons (Fsp3) is 0.438. The highest BCUT2D eigenvalue weighted by atomic mass is 35.5. The zero-order chi connectivity index (χ0) is 30.2. The van der Waals surface area contributed by atoms with Crippen LogP contribution in [0.1, 0.15) is 62.0 Å². The Bertz CT molecular complexity index is 1400. The number of amides is 3. The average molecular weight is 611 g/mol. The second kappa shape index (κ2) is 14.6. The molecule has 0 N–H and O–H groups in total. The third kappa shape index (κ3) is 7.89. The summed E-state index contributed by atoms with van der Waals surface area (Å²) in [5.41, 5.74) is 2.03. The number of hydrogen-bond donors (Lipinski definition) is 0. The lowest BCUT2D eigenvalue weighted by molar-refractivity contribution is -0.134. The molecular weight excluding hydrogens is 572 g/mol. The number of hydrogen-bond acceptors (Lipinski definition) is 6. The van der Waals surface area contributed by atoms with Gasteiger partial charge in [0.2, 0.25) is 5.91 Å². The number of ether oxygens (including phenoxy) is 1. The summed E-state index contributed by atoms with van der Waals surface area (Å²) in [6.07, 6.45) is 3.30. The number of carbonyl (C=O) groups excluding carboxylic acids is 3. The molecule has 0 bridgehead atoms. The Balaban J connectivity index is 1.61. The van der Waals surface area contributed by atoms with Crippen molar-refractivity contribution in [3.8, 4) is 5.75 Å². The predicted octanol–water partition coefficient (Wildman–Crippen LogP) is 5.65. The van der Waals surface area contributed by atoms with Gasteiger partial charge in [0.15, 0.2) is 0 Å². The van der Waals surface area contributed by atoms with Crippen LogP contribution < -0.4 is 4.74 Å². The van der Waals surface area contributed by atoms with Gasteiger partial charge in [-0.2, -0.15) is 0 Å². The van der Waals surface area contributed by atoms with E-state index in [0.717, 1.165) is 35.5 Å². The van der Waals surface area contributed by atoms with Gasteiger partial charge in [0.05, 0.1) is 22.9 Å². The van der Waals surface area contributed by atoms with Crippen LogP contribution in [0.4, 0.5) is 0 Å². The van der Waals surface area contributed by atoms with Crippen molar-refractivity contribution < 1.29 is 19.1 Å². The lowest BCUT2D eigenvalue weighted by Crippen LogP contribution is -2.49. The highest BCUT2D eigenvalue weighted by Crippen LogP contribution is 2.26.